The van der Waals surface area contributed by atoms with Crippen LogP contribution in [0.4, 0.5) is 17.1 Å². The standard InChI is InChI=1S/C48H32N2S/c1-3-14-33(15-4-1)34-26-28-36(29-27-34)49-43-22-11-8-20-40(43)48-44(49)23-13-24-45(48)50(42-21-10-7-18-38(42)35-16-5-2-6-17-35)37-30-31-47-41(32-37)39-19-9-12-25-46(39)51-47/h1-32H. The third-order valence-corrected chi connectivity index (χ3v) is 11.1. The quantitative estimate of drug-likeness (QED) is 0.171. The number of nitrogens with zero attached hydrogens (tertiary/aromatic N) is 2. The lowest BCUT2D eigenvalue weighted by atomic mass is 10.0. The van der Waals surface area contributed by atoms with Crippen LogP contribution in [0, 0.1) is 0 Å². The average molecular weight is 669 g/mol. The van der Waals surface area contributed by atoms with E-state index in [1.165, 1.54) is 64.2 Å². The molecule has 0 saturated carbocycles. The predicted octanol–water partition coefficient (Wildman–Crippen LogP) is 14.0. The Hall–Kier alpha value is -6.42. The molecule has 2 nitrogen and oxygen atoms in total. The number of thiophene rings is 1. The molecule has 2 heterocycles. The summed E-state index contributed by atoms with van der Waals surface area (Å²) in [6, 6.07) is 70.4. The Labute approximate surface area is 300 Å². The number of rotatable bonds is 6. The molecule has 0 fully saturated rings. The van der Waals surface area contributed by atoms with E-state index in [9.17, 15) is 0 Å². The van der Waals surface area contributed by atoms with Crippen LogP contribution in [0.15, 0.2) is 194 Å². The molecule has 240 valence electrons. The van der Waals surface area contributed by atoms with Gasteiger partial charge >= 0.3 is 0 Å². The first-order valence-electron chi connectivity index (χ1n) is 17.4. The number of anilines is 3. The molecule has 51 heavy (non-hydrogen) atoms. The number of para-hydroxylation sites is 2. The van der Waals surface area contributed by atoms with Crippen molar-refractivity contribution in [1.82, 2.24) is 4.57 Å². The molecule has 0 aliphatic heterocycles. The highest BCUT2D eigenvalue weighted by molar-refractivity contribution is 7.25. The molecule has 10 rings (SSSR count). The van der Waals surface area contributed by atoms with Gasteiger partial charge in [-0.3, -0.25) is 0 Å². The van der Waals surface area contributed by atoms with Crippen LogP contribution in [0.2, 0.25) is 0 Å². The van der Waals surface area contributed by atoms with E-state index in [1.807, 2.05) is 11.3 Å². The summed E-state index contributed by atoms with van der Waals surface area (Å²) in [4.78, 5) is 2.48. The Bertz CT molecular complexity index is 2850. The van der Waals surface area contributed by atoms with Crippen molar-refractivity contribution in [2.45, 2.75) is 0 Å². The Morgan fingerprint density at radius 3 is 1.82 bits per heavy atom. The fourth-order valence-electron chi connectivity index (χ4n) is 7.69. The van der Waals surface area contributed by atoms with E-state index in [0.29, 0.717) is 0 Å². The second-order valence-corrected chi connectivity index (χ2v) is 14.0. The average Bonchev–Trinajstić information content (AvgIpc) is 3.75. The van der Waals surface area contributed by atoms with Crippen LogP contribution in [-0.2, 0) is 0 Å². The van der Waals surface area contributed by atoms with E-state index < -0.39 is 0 Å². The zero-order valence-electron chi connectivity index (χ0n) is 27.8. The topological polar surface area (TPSA) is 8.17 Å². The third-order valence-electron chi connectivity index (χ3n) is 10.00. The summed E-state index contributed by atoms with van der Waals surface area (Å²) < 4.78 is 5.02. The highest BCUT2D eigenvalue weighted by atomic mass is 32.1. The van der Waals surface area contributed by atoms with Gasteiger partial charge in [-0.05, 0) is 77.4 Å². The van der Waals surface area contributed by atoms with Crippen LogP contribution < -0.4 is 4.90 Å². The van der Waals surface area contributed by atoms with Crippen molar-refractivity contribution in [1.29, 1.82) is 0 Å². The van der Waals surface area contributed by atoms with Crippen LogP contribution in [0.3, 0.4) is 0 Å². The molecule has 0 amide bonds. The molecule has 0 aliphatic rings. The van der Waals surface area contributed by atoms with E-state index in [-0.39, 0.29) is 0 Å². The van der Waals surface area contributed by atoms with Gasteiger partial charge in [0.15, 0.2) is 0 Å². The van der Waals surface area contributed by atoms with Gasteiger partial charge < -0.3 is 9.47 Å². The Kier molecular flexibility index (Phi) is 7.04. The molecule has 8 aromatic carbocycles. The summed E-state index contributed by atoms with van der Waals surface area (Å²) >= 11 is 1.86. The van der Waals surface area contributed by atoms with Gasteiger partial charge in [0.2, 0.25) is 0 Å². The second kappa shape index (κ2) is 12.2. The molecule has 0 atom stereocenters. The minimum Gasteiger partial charge on any atom is -0.309 e. The summed E-state index contributed by atoms with van der Waals surface area (Å²) in [6.07, 6.45) is 0. The molecule has 0 bridgehead atoms. The summed E-state index contributed by atoms with van der Waals surface area (Å²) in [5, 5.41) is 5.02. The molecule has 0 spiro atoms. The van der Waals surface area contributed by atoms with Crippen molar-refractivity contribution < 1.29 is 0 Å². The molecular weight excluding hydrogens is 637 g/mol. The summed E-state index contributed by atoms with van der Waals surface area (Å²) in [5.41, 5.74) is 11.7. The zero-order chi connectivity index (χ0) is 33.7. The SMILES string of the molecule is c1ccc(-c2ccc(-n3c4ccccc4c4c(N(c5ccc6sc7ccccc7c6c5)c5ccccc5-c5ccccc5)cccc43)cc2)cc1. The smallest absolute Gasteiger partial charge is 0.0562 e. The number of aromatic nitrogens is 1. The van der Waals surface area contributed by atoms with Gasteiger partial charge in [0.1, 0.15) is 0 Å². The lowest BCUT2D eigenvalue weighted by Gasteiger charge is -2.29. The predicted molar refractivity (Wildman–Crippen MR) is 219 cm³/mol. The van der Waals surface area contributed by atoms with Crippen LogP contribution in [-0.4, -0.2) is 4.57 Å². The Morgan fingerprint density at radius 2 is 1.00 bits per heavy atom. The lowest BCUT2D eigenvalue weighted by molar-refractivity contribution is 1.18. The largest absolute Gasteiger partial charge is 0.309 e. The highest BCUT2D eigenvalue weighted by Crippen LogP contribution is 2.48. The van der Waals surface area contributed by atoms with Gasteiger partial charge in [0.05, 0.1) is 22.4 Å². The van der Waals surface area contributed by atoms with Gasteiger partial charge in [-0.2, -0.15) is 0 Å². The molecule has 10 aromatic rings. The monoisotopic (exact) mass is 668 g/mol. The minimum absolute atomic E-state index is 1.13. The van der Waals surface area contributed by atoms with E-state index in [1.54, 1.807) is 0 Å². The first-order valence-corrected chi connectivity index (χ1v) is 18.2. The van der Waals surface area contributed by atoms with Gasteiger partial charge in [-0.15, -0.1) is 11.3 Å². The number of fused-ring (bicyclic) bond motifs is 6. The molecule has 0 aliphatic carbocycles. The van der Waals surface area contributed by atoms with Gasteiger partial charge in [-0.1, -0.05) is 133 Å². The number of benzene rings is 8. The second-order valence-electron chi connectivity index (χ2n) is 12.9. The first kappa shape index (κ1) is 29.5. The first-order chi connectivity index (χ1) is 25.3. The van der Waals surface area contributed by atoms with Gasteiger partial charge in [0, 0.05) is 47.9 Å². The number of hydrogen-bond donors (Lipinski definition) is 0. The van der Waals surface area contributed by atoms with Crippen LogP contribution in [0.1, 0.15) is 0 Å². The molecule has 0 radical (unpaired) electrons. The third kappa shape index (κ3) is 4.93. The minimum atomic E-state index is 1.13. The van der Waals surface area contributed by atoms with E-state index in [4.69, 9.17) is 0 Å². The number of hydrogen-bond acceptors (Lipinski definition) is 2. The molecule has 3 heteroatoms. The maximum atomic E-state index is 2.48. The lowest BCUT2D eigenvalue weighted by Crippen LogP contribution is -2.11. The molecular formula is C48H32N2S. The van der Waals surface area contributed by atoms with E-state index in [2.05, 4.69) is 204 Å². The molecule has 2 aromatic heterocycles. The summed E-state index contributed by atoms with van der Waals surface area (Å²) in [6.45, 7) is 0. The Morgan fingerprint density at radius 1 is 0.392 bits per heavy atom. The van der Waals surface area contributed by atoms with Crippen LogP contribution in [0.25, 0.3) is 69.9 Å². The van der Waals surface area contributed by atoms with Crippen molar-refractivity contribution in [2.75, 3.05) is 4.90 Å². The van der Waals surface area contributed by atoms with Crippen molar-refractivity contribution in [2.24, 2.45) is 0 Å². The highest BCUT2D eigenvalue weighted by Gasteiger charge is 2.23. The molecule has 0 N–H and O–H groups in total. The summed E-state index contributed by atoms with van der Waals surface area (Å²) in [5.74, 6) is 0. The van der Waals surface area contributed by atoms with E-state index >= 15 is 0 Å². The van der Waals surface area contributed by atoms with Crippen molar-refractivity contribution in [3.63, 3.8) is 0 Å². The van der Waals surface area contributed by atoms with Crippen molar-refractivity contribution in [3.05, 3.63) is 194 Å². The van der Waals surface area contributed by atoms with Gasteiger partial charge in [0.25, 0.3) is 0 Å². The maximum Gasteiger partial charge on any atom is 0.0562 e. The van der Waals surface area contributed by atoms with Crippen molar-refractivity contribution >= 4 is 70.4 Å². The van der Waals surface area contributed by atoms with Crippen molar-refractivity contribution in [3.8, 4) is 27.9 Å². The Balaban J connectivity index is 1.25. The van der Waals surface area contributed by atoms with Gasteiger partial charge in [-0.25, -0.2) is 0 Å². The fourth-order valence-corrected chi connectivity index (χ4v) is 8.78. The molecule has 0 unspecified atom stereocenters. The molecule has 0 saturated heterocycles. The fraction of sp³-hybridized carbons (Fsp3) is 0. The zero-order valence-corrected chi connectivity index (χ0v) is 28.6. The normalized spacial score (nSPS) is 11.5. The van der Waals surface area contributed by atoms with E-state index in [0.717, 1.165) is 22.7 Å². The summed E-state index contributed by atoms with van der Waals surface area (Å²) in [7, 11) is 0. The maximum absolute atomic E-state index is 2.48. The van der Waals surface area contributed by atoms with Crippen LogP contribution >= 0.6 is 11.3 Å². The van der Waals surface area contributed by atoms with Crippen LogP contribution in [0.5, 0.6) is 0 Å².